The number of benzene rings is 1. The molecule has 1 unspecified atom stereocenters. The van der Waals surface area contributed by atoms with Gasteiger partial charge in [-0.3, -0.25) is 9.78 Å². The molecular formula is C17H17BrFN3O2. The van der Waals surface area contributed by atoms with Crippen LogP contribution in [-0.4, -0.2) is 42.0 Å². The lowest BCUT2D eigenvalue weighted by Gasteiger charge is -2.36. The van der Waals surface area contributed by atoms with Gasteiger partial charge in [-0.15, -0.1) is 0 Å². The number of hydrogen-bond acceptors (Lipinski definition) is 4. The Morgan fingerprint density at radius 2 is 2.33 bits per heavy atom. The van der Waals surface area contributed by atoms with Gasteiger partial charge in [-0.05, 0) is 45.8 Å². The van der Waals surface area contributed by atoms with Crippen molar-refractivity contribution in [1.82, 2.24) is 15.2 Å². The number of carbonyl (C=O) groups excluding carboxylic acids is 1. The maximum atomic E-state index is 13.1. The van der Waals surface area contributed by atoms with Crippen LogP contribution in [0.4, 0.5) is 4.39 Å². The third kappa shape index (κ3) is 3.91. The fourth-order valence-electron chi connectivity index (χ4n) is 2.69. The van der Waals surface area contributed by atoms with E-state index in [1.54, 1.807) is 17.3 Å². The Kier molecular flexibility index (Phi) is 5.42. The van der Waals surface area contributed by atoms with E-state index in [2.05, 4.69) is 26.2 Å². The molecule has 0 spiro atoms. The van der Waals surface area contributed by atoms with Crippen LogP contribution in [0.1, 0.15) is 11.6 Å². The summed E-state index contributed by atoms with van der Waals surface area (Å²) in [7, 11) is 0. The zero-order chi connectivity index (χ0) is 16.9. The Morgan fingerprint density at radius 3 is 3.08 bits per heavy atom. The van der Waals surface area contributed by atoms with Crippen LogP contribution in [0.15, 0.2) is 47.2 Å². The first-order chi connectivity index (χ1) is 11.6. The summed E-state index contributed by atoms with van der Waals surface area (Å²) in [5.41, 5.74) is 0.987. The fourth-order valence-corrected chi connectivity index (χ4v) is 3.15. The topological polar surface area (TPSA) is 54.5 Å². The number of halogens is 2. The monoisotopic (exact) mass is 393 g/mol. The van der Waals surface area contributed by atoms with Crippen molar-refractivity contribution < 1.29 is 13.9 Å². The van der Waals surface area contributed by atoms with Crippen molar-refractivity contribution in [3.05, 3.63) is 58.6 Å². The lowest BCUT2D eigenvalue weighted by atomic mass is 10.1. The number of rotatable bonds is 4. The number of nitrogens with zero attached hydrogens (tertiary/aromatic N) is 2. The molecule has 126 valence electrons. The molecule has 1 saturated heterocycles. The van der Waals surface area contributed by atoms with Crippen molar-refractivity contribution in [2.45, 2.75) is 6.04 Å². The number of piperazine rings is 1. The summed E-state index contributed by atoms with van der Waals surface area (Å²) in [6.07, 6.45) is 3.48. The first-order valence-corrected chi connectivity index (χ1v) is 8.42. The number of amides is 1. The summed E-state index contributed by atoms with van der Waals surface area (Å²) in [5, 5.41) is 3.30. The Balaban J connectivity index is 1.68. The Morgan fingerprint density at radius 1 is 1.46 bits per heavy atom. The van der Waals surface area contributed by atoms with E-state index in [0.29, 0.717) is 23.3 Å². The molecule has 24 heavy (non-hydrogen) atoms. The molecule has 2 heterocycles. The fraction of sp³-hybridized carbons (Fsp3) is 0.294. The summed E-state index contributed by atoms with van der Waals surface area (Å²) in [4.78, 5) is 18.5. The Bertz CT molecular complexity index is 714. The normalized spacial score (nSPS) is 17.6. The van der Waals surface area contributed by atoms with Gasteiger partial charge < -0.3 is 15.0 Å². The first kappa shape index (κ1) is 16.9. The van der Waals surface area contributed by atoms with Gasteiger partial charge in [-0.2, -0.15) is 0 Å². The third-order valence-corrected chi connectivity index (χ3v) is 4.50. The highest BCUT2D eigenvalue weighted by molar-refractivity contribution is 9.10. The first-order valence-electron chi connectivity index (χ1n) is 7.63. The van der Waals surface area contributed by atoms with Gasteiger partial charge in [-0.25, -0.2) is 4.39 Å². The standard InChI is InChI=1S/C17H17BrFN3O2/c18-14-8-13(19)3-4-16(14)24-11-17(23)22-7-6-21-10-15(22)12-2-1-5-20-9-12/h1-5,8-9,15,21H,6-7,10-11H2. The SMILES string of the molecule is O=C(COc1ccc(F)cc1Br)N1CCNCC1c1cccnc1. The van der Waals surface area contributed by atoms with Gasteiger partial charge in [0, 0.05) is 32.0 Å². The van der Waals surface area contributed by atoms with Gasteiger partial charge >= 0.3 is 0 Å². The second-order valence-electron chi connectivity index (χ2n) is 5.46. The van der Waals surface area contributed by atoms with Crippen molar-refractivity contribution in [2.75, 3.05) is 26.2 Å². The van der Waals surface area contributed by atoms with Crippen LogP contribution >= 0.6 is 15.9 Å². The largest absolute Gasteiger partial charge is 0.483 e. The zero-order valence-corrected chi connectivity index (χ0v) is 14.5. The second-order valence-corrected chi connectivity index (χ2v) is 6.31. The molecule has 1 aliphatic rings. The van der Waals surface area contributed by atoms with Crippen molar-refractivity contribution in [3.8, 4) is 5.75 Å². The molecular weight excluding hydrogens is 377 g/mol. The molecule has 1 amide bonds. The van der Waals surface area contributed by atoms with E-state index in [4.69, 9.17) is 4.74 Å². The van der Waals surface area contributed by atoms with Crippen molar-refractivity contribution in [1.29, 1.82) is 0 Å². The molecule has 1 N–H and O–H groups in total. The van der Waals surface area contributed by atoms with Crippen LogP contribution in [0.3, 0.4) is 0 Å². The van der Waals surface area contributed by atoms with Crippen molar-refractivity contribution in [2.24, 2.45) is 0 Å². The molecule has 1 fully saturated rings. The predicted molar refractivity (Wildman–Crippen MR) is 91.2 cm³/mol. The quantitative estimate of drug-likeness (QED) is 0.866. The van der Waals surface area contributed by atoms with Crippen molar-refractivity contribution >= 4 is 21.8 Å². The molecule has 3 rings (SSSR count). The van der Waals surface area contributed by atoms with E-state index >= 15 is 0 Å². The molecule has 1 atom stereocenters. The molecule has 1 aromatic carbocycles. The van der Waals surface area contributed by atoms with Gasteiger partial charge in [0.25, 0.3) is 5.91 Å². The van der Waals surface area contributed by atoms with Crippen LogP contribution in [0, 0.1) is 5.82 Å². The minimum absolute atomic E-state index is 0.0693. The van der Waals surface area contributed by atoms with Crippen LogP contribution < -0.4 is 10.1 Å². The molecule has 7 heteroatoms. The number of hydrogen-bond donors (Lipinski definition) is 1. The van der Waals surface area contributed by atoms with E-state index in [1.165, 1.54) is 18.2 Å². The number of nitrogens with one attached hydrogen (secondary N) is 1. The smallest absolute Gasteiger partial charge is 0.261 e. The number of aromatic nitrogens is 1. The molecule has 0 aliphatic carbocycles. The summed E-state index contributed by atoms with van der Waals surface area (Å²) in [6.45, 7) is 1.92. The van der Waals surface area contributed by atoms with E-state index in [1.807, 2.05) is 12.1 Å². The van der Waals surface area contributed by atoms with Gasteiger partial charge in [0.2, 0.25) is 0 Å². The zero-order valence-electron chi connectivity index (χ0n) is 12.9. The molecule has 0 saturated carbocycles. The van der Waals surface area contributed by atoms with Gasteiger partial charge in [0.05, 0.1) is 10.5 Å². The lowest BCUT2D eigenvalue weighted by Crippen LogP contribution is -2.50. The minimum Gasteiger partial charge on any atom is -0.483 e. The van der Waals surface area contributed by atoms with Crippen LogP contribution in [0.2, 0.25) is 0 Å². The third-order valence-electron chi connectivity index (χ3n) is 3.88. The molecule has 1 aromatic heterocycles. The molecule has 0 radical (unpaired) electrons. The lowest BCUT2D eigenvalue weighted by molar-refractivity contribution is -0.136. The molecule has 5 nitrogen and oxygen atoms in total. The number of pyridine rings is 1. The van der Waals surface area contributed by atoms with Crippen LogP contribution in [0.25, 0.3) is 0 Å². The maximum Gasteiger partial charge on any atom is 0.261 e. The highest BCUT2D eigenvalue weighted by Crippen LogP contribution is 2.26. The Hall–Kier alpha value is -1.99. The maximum absolute atomic E-state index is 13.1. The van der Waals surface area contributed by atoms with Crippen LogP contribution in [-0.2, 0) is 4.79 Å². The average Bonchev–Trinajstić information content (AvgIpc) is 2.61. The van der Waals surface area contributed by atoms with E-state index in [0.717, 1.165) is 12.1 Å². The number of carbonyl (C=O) groups is 1. The summed E-state index contributed by atoms with van der Waals surface area (Å²) in [5.74, 6) is -0.0290. The minimum atomic E-state index is -0.362. The summed E-state index contributed by atoms with van der Waals surface area (Å²) >= 11 is 3.23. The summed E-state index contributed by atoms with van der Waals surface area (Å²) < 4.78 is 19.1. The highest BCUT2D eigenvalue weighted by atomic mass is 79.9. The van der Waals surface area contributed by atoms with Crippen LogP contribution in [0.5, 0.6) is 5.75 Å². The van der Waals surface area contributed by atoms with Gasteiger partial charge in [0.1, 0.15) is 11.6 Å². The van der Waals surface area contributed by atoms with E-state index in [-0.39, 0.29) is 24.4 Å². The molecule has 2 aromatic rings. The summed E-state index contributed by atoms with van der Waals surface area (Å²) in [6, 6.07) is 7.86. The Labute approximate surface area is 148 Å². The second kappa shape index (κ2) is 7.72. The predicted octanol–water partition coefficient (Wildman–Crippen LogP) is 2.54. The van der Waals surface area contributed by atoms with Crippen molar-refractivity contribution in [3.63, 3.8) is 0 Å². The van der Waals surface area contributed by atoms with Gasteiger partial charge in [-0.1, -0.05) is 6.07 Å². The van der Waals surface area contributed by atoms with E-state index < -0.39 is 0 Å². The molecule has 1 aliphatic heterocycles. The average molecular weight is 394 g/mol. The highest BCUT2D eigenvalue weighted by Gasteiger charge is 2.28. The molecule has 0 bridgehead atoms. The van der Waals surface area contributed by atoms with Gasteiger partial charge in [0.15, 0.2) is 6.61 Å². The van der Waals surface area contributed by atoms with E-state index in [9.17, 15) is 9.18 Å². The number of ether oxygens (including phenoxy) is 1.